The van der Waals surface area contributed by atoms with E-state index in [0.717, 1.165) is 25.4 Å². The molecule has 2 saturated heterocycles. The summed E-state index contributed by atoms with van der Waals surface area (Å²) in [5, 5.41) is 0. The standard InChI is InChI=1S/C21H32N2O2/c1-21(2,3)20(24)23-14-17(13-22-10-5-6-11-22)19(15-23)16-8-7-9-18(12-16)25-4/h7-9,12,17,19H,5-6,10-11,13-15H2,1-4H3. The van der Waals surface area contributed by atoms with Crippen molar-refractivity contribution in [2.24, 2.45) is 11.3 Å². The van der Waals surface area contributed by atoms with Gasteiger partial charge in [-0.25, -0.2) is 0 Å². The lowest BCUT2D eigenvalue weighted by molar-refractivity contribution is -0.138. The van der Waals surface area contributed by atoms with Gasteiger partial charge in [0.1, 0.15) is 5.75 Å². The zero-order valence-corrected chi connectivity index (χ0v) is 16.1. The van der Waals surface area contributed by atoms with E-state index in [0.29, 0.717) is 11.8 Å². The van der Waals surface area contributed by atoms with Crippen LogP contribution in [0.1, 0.15) is 45.1 Å². The molecule has 0 spiro atoms. The second-order valence-electron chi connectivity index (χ2n) is 8.61. The lowest BCUT2D eigenvalue weighted by Crippen LogP contribution is -2.38. The maximum Gasteiger partial charge on any atom is 0.227 e. The summed E-state index contributed by atoms with van der Waals surface area (Å²) >= 11 is 0. The molecular formula is C21H32N2O2. The van der Waals surface area contributed by atoms with Gasteiger partial charge in [-0.2, -0.15) is 0 Å². The number of amides is 1. The third-order valence-electron chi connectivity index (χ3n) is 5.58. The molecule has 2 aliphatic rings. The minimum atomic E-state index is -0.318. The van der Waals surface area contributed by atoms with E-state index in [4.69, 9.17) is 4.74 Å². The lowest BCUT2D eigenvalue weighted by atomic mass is 9.88. The zero-order valence-electron chi connectivity index (χ0n) is 16.1. The molecule has 0 aromatic heterocycles. The summed E-state index contributed by atoms with van der Waals surface area (Å²) in [6, 6.07) is 8.39. The number of nitrogens with zero attached hydrogens (tertiary/aromatic N) is 2. The number of benzene rings is 1. The Hall–Kier alpha value is -1.55. The molecule has 0 radical (unpaired) electrons. The van der Waals surface area contributed by atoms with Crippen LogP contribution in [0.2, 0.25) is 0 Å². The smallest absolute Gasteiger partial charge is 0.227 e. The van der Waals surface area contributed by atoms with Crippen molar-refractivity contribution in [3.8, 4) is 5.75 Å². The van der Waals surface area contributed by atoms with E-state index in [1.807, 2.05) is 26.8 Å². The predicted octanol–water partition coefficient (Wildman–Crippen LogP) is 3.38. The van der Waals surface area contributed by atoms with Gasteiger partial charge in [-0.1, -0.05) is 32.9 Å². The van der Waals surface area contributed by atoms with Crippen LogP contribution in [-0.2, 0) is 4.79 Å². The van der Waals surface area contributed by atoms with Gasteiger partial charge < -0.3 is 14.5 Å². The first-order chi connectivity index (χ1) is 11.9. The Bertz CT molecular complexity index is 602. The number of ether oxygens (including phenoxy) is 1. The van der Waals surface area contributed by atoms with Gasteiger partial charge in [0, 0.05) is 31.0 Å². The summed E-state index contributed by atoms with van der Waals surface area (Å²) in [7, 11) is 1.71. The molecule has 4 nitrogen and oxygen atoms in total. The topological polar surface area (TPSA) is 32.8 Å². The van der Waals surface area contributed by atoms with Crippen molar-refractivity contribution in [3.05, 3.63) is 29.8 Å². The van der Waals surface area contributed by atoms with Gasteiger partial charge in [-0.05, 0) is 49.5 Å². The molecule has 0 saturated carbocycles. The van der Waals surface area contributed by atoms with Gasteiger partial charge in [0.2, 0.25) is 5.91 Å². The molecule has 1 aromatic rings. The van der Waals surface area contributed by atoms with Crippen molar-refractivity contribution in [1.29, 1.82) is 0 Å². The van der Waals surface area contributed by atoms with Crippen molar-refractivity contribution in [1.82, 2.24) is 9.80 Å². The van der Waals surface area contributed by atoms with Gasteiger partial charge in [-0.15, -0.1) is 0 Å². The highest BCUT2D eigenvalue weighted by atomic mass is 16.5. The summed E-state index contributed by atoms with van der Waals surface area (Å²) in [6.45, 7) is 11.2. The number of carbonyl (C=O) groups excluding carboxylic acids is 1. The van der Waals surface area contributed by atoms with E-state index >= 15 is 0 Å². The minimum absolute atomic E-state index is 0.268. The molecule has 2 unspecified atom stereocenters. The van der Waals surface area contributed by atoms with Crippen molar-refractivity contribution in [2.75, 3.05) is 39.8 Å². The van der Waals surface area contributed by atoms with Crippen molar-refractivity contribution >= 4 is 5.91 Å². The maximum absolute atomic E-state index is 12.8. The fourth-order valence-electron chi connectivity index (χ4n) is 4.24. The van der Waals surface area contributed by atoms with Gasteiger partial charge in [0.05, 0.1) is 7.11 Å². The Morgan fingerprint density at radius 1 is 1.20 bits per heavy atom. The normalized spacial score (nSPS) is 24.7. The Labute approximate surface area is 152 Å². The lowest BCUT2D eigenvalue weighted by Gasteiger charge is -2.26. The molecule has 2 aliphatic heterocycles. The summed E-state index contributed by atoms with van der Waals surface area (Å²) < 4.78 is 5.42. The molecule has 0 aliphatic carbocycles. The van der Waals surface area contributed by atoms with Gasteiger partial charge in [-0.3, -0.25) is 4.79 Å². The Balaban J connectivity index is 1.81. The van der Waals surface area contributed by atoms with Crippen LogP contribution in [0.3, 0.4) is 0 Å². The van der Waals surface area contributed by atoms with E-state index in [-0.39, 0.29) is 11.3 Å². The van der Waals surface area contributed by atoms with Gasteiger partial charge in [0.15, 0.2) is 0 Å². The van der Waals surface area contributed by atoms with Crippen LogP contribution < -0.4 is 4.74 Å². The number of hydrogen-bond donors (Lipinski definition) is 0. The molecule has 1 aromatic carbocycles. The number of hydrogen-bond acceptors (Lipinski definition) is 3. The molecule has 1 amide bonds. The number of likely N-dealkylation sites (tertiary alicyclic amines) is 2. The van der Waals surface area contributed by atoms with Crippen molar-refractivity contribution in [2.45, 2.75) is 39.5 Å². The molecular weight excluding hydrogens is 312 g/mol. The molecule has 3 rings (SSSR count). The molecule has 0 bridgehead atoms. The number of rotatable bonds is 4. The number of methoxy groups -OCH3 is 1. The molecule has 2 heterocycles. The van der Waals surface area contributed by atoms with Crippen molar-refractivity contribution in [3.63, 3.8) is 0 Å². The van der Waals surface area contributed by atoms with E-state index < -0.39 is 0 Å². The average Bonchev–Trinajstić information content (AvgIpc) is 3.23. The monoisotopic (exact) mass is 344 g/mol. The predicted molar refractivity (Wildman–Crippen MR) is 101 cm³/mol. The Morgan fingerprint density at radius 2 is 1.92 bits per heavy atom. The van der Waals surface area contributed by atoms with E-state index in [1.54, 1.807) is 7.11 Å². The van der Waals surface area contributed by atoms with Crippen LogP contribution in [-0.4, -0.2) is 55.5 Å². The molecule has 2 atom stereocenters. The molecule has 138 valence electrons. The van der Waals surface area contributed by atoms with E-state index in [2.05, 4.69) is 28.0 Å². The summed E-state index contributed by atoms with van der Waals surface area (Å²) in [4.78, 5) is 17.5. The van der Waals surface area contributed by atoms with Crippen LogP contribution in [0.5, 0.6) is 5.75 Å². The Kier molecular flexibility index (Phi) is 5.38. The zero-order chi connectivity index (χ0) is 18.0. The molecule has 4 heteroatoms. The second kappa shape index (κ2) is 7.36. The summed E-state index contributed by atoms with van der Waals surface area (Å²) in [5.41, 5.74) is 0.981. The molecule has 25 heavy (non-hydrogen) atoms. The van der Waals surface area contributed by atoms with Crippen LogP contribution in [0.25, 0.3) is 0 Å². The van der Waals surface area contributed by atoms with Crippen LogP contribution >= 0.6 is 0 Å². The van der Waals surface area contributed by atoms with E-state index in [1.165, 1.54) is 31.5 Å². The second-order valence-corrected chi connectivity index (χ2v) is 8.61. The first-order valence-corrected chi connectivity index (χ1v) is 9.54. The highest BCUT2D eigenvalue weighted by Gasteiger charge is 2.40. The largest absolute Gasteiger partial charge is 0.497 e. The third-order valence-corrected chi connectivity index (χ3v) is 5.58. The minimum Gasteiger partial charge on any atom is -0.497 e. The molecule has 0 N–H and O–H groups in total. The SMILES string of the molecule is COc1cccc(C2CN(C(=O)C(C)(C)C)CC2CN2CCCC2)c1. The van der Waals surface area contributed by atoms with Crippen LogP contribution in [0.15, 0.2) is 24.3 Å². The summed E-state index contributed by atoms with van der Waals surface area (Å²) in [5.74, 6) is 2.06. The van der Waals surface area contributed by atoms with Gasteiger partial charge >= 0.3 is 0 Å². The molecule has 2 fully saturated rings. The quantitative estimate of drug-likeness (QED) is 0.839. The van der Waals surface area contributed by atoms with Crippen LogP contribution in [0.4, 0.5) is 0 Å². The average molecular weight is 344 g/mol. The fraction of sp³-hybridized carbons (Fsp3) is 0.667. The first kappa shape index (κ1) is 18.2. The van der Waals surface area contributed by atoms with Gasteiger partial charge in [0.25, 0.3) is 0 Å². The third kappa shape index (κ3) is 4.17. The maximum atomic E-state index is 12.8. The van der Waals surface area contributed by atoms with Crippen molar-refractivity contribution < 1.29 is 9.53 Å². The van der Waals surface area contributed by atoms with E-state index in [9.17, 15) is 4.79 Å². The Morgan fingerprint density at radius 3 is 2.56 bits per heavy atom. The summed E-state index contributed by atoms with van der Waals surface area (Å²) in [6.07, 6.45) is 2.61. The first-order valence-electron chi connectivity index (χ1n) is 9.54. The number of carbonyl (C=O) groups is 1. The fourth-order valence-corrected chi connectivity index (χ4v) is 4.24. The van der Waals surface area contributed by atoms with Crippen LogP contribution in [0, 0.1) is 11.3 Å². The highest BCUT2D eigenvalue weighted by Crippen LogP contribution is 2.37. The highest BCUT2D eigenvalue weighted by molar-refractivity contribution is 5.82.